The quantitative estimate of drug-likeness (QED) is 0.625. The first kappa shape index (κ1) is 14.3. The van der Waals surface area contributed by atoms with Crippen molar-refractivity contribution in [3.05, 3.63) is 45.3 Å². The molecule has 0 fully saturated rings. The van der Waals surface area contributed by atoms with Crippen molar-refractivity contribution in [3.8, 4) is 0 Å². The van der Waals surface area contributed by atoms with Gasteiger partial charge in [0.25, 0.3) is 0 Å². The fourth-order valence-electron chi connectivity index (χ4n) is 1.56. The number of hydrogen-bond acceptors (Lipinski definition) is 3. The standard InChI is InChI=1S/C13H17FN2O2/c1-3-10(9-15-4-2)7-11-5-6-12(14)13(8-11)16(17)18/h5-8,15H,3-4,9H2,1-2H3/b10-7+. The van der Waals surface area contributed by atoms with E-state index in [0.717, 1.165) is 31.1 Å². The summed E-state index contributed by atoms with van der Waals surface area (Å²) in [6, 6.07) is 3.94. The zero-order valence-electron chi connectivity index (χ0n) is 10.6. The van der Waals surface area contributed by atoms with Crippen LogP contribution in [-0.4, -0.2) is 18.0 Å². The summed E-state index contributed by atoms with van der Waals surface area (Å²) in [7, 11) is 0. The SMILES string of the molecule is CCNC/C(=C/c1ccc(F)c([N+](=O)[O-])c1)CC. The molecule has 0 aromatic heterocycles. The highest BCUT2D eigenvalue weighted by molar-refractivity contribution is 5.56. The fraction of sp³-hybridized carbons (Fsp3) is 0.385. The van der Waals surface area contributed by atoms with Gasteiger partial charge in [0.1, 0.15) is 0 Å². The van der Waals surface area contributed by atoms with Crippen molar-refractivity contribution < 1.29 is 9.31 Å². The first-order chi connectivity index (χ1) is 8.58. The van der Waals surface area contributed by atoms with E-state index in [1.54, 1.807) is 6.07 Å². The van der Waals surface area contributed by atoms with Crippen LogP contribution in [0.2, 0.25) is 0 Å². The summed E-state index contributed by atoms with van der Waals surface area (Å²) in [6.07, 6.45) is 2.70. The lowest BCUT2D eigenvalue weighted by Crippen LogP contribution is -2.15. The smallest absolute Gasteiger partial charge is 0.305 e. The van der Waals surface area contributed by atoms with Crippen LogP contribution in [-0.2, 0) is 0 Å². The third-order valence-electron chi connectivity index (χ3n) is 2.59. The van der Waals surface area contributed by atoms with Gasteiger partial charge >= 0.3 is 5.69 Å². The molecule has 18 heavy (non-hydrogen) atoms. The molecule has 0 unspecified atom stereocenters. The van der Waals surface area contributed by atoms with E-state index in [2.05, 4.69) is 5.32 Å². The highest BCUT2D eigenvalue weighted by Crippen LogP contribution is 2.20. The molecule has 0 amide bonds. The molecule has 0 radical (unpaired) electrons. The van der Waals surface area contributed by atoms with Gasteiger partial charge in [0.2, 0.25) is 5.82 Å². The van der Waals surface area contributed by atoms with Crippen LogP contribution in [0, 0.1) is 15.9 Å². The maximum Gasteiger partial charge on any atom is 0.305 e. The van der Waals surface area contributed by atoms with Crippen LogP contribution in [0.4, 0.5) is 10.1 Å². The lowest BCUT2D eigenvalue weighted by molar-refractivity contribution is -0.387. The Kier molecular flexibility index (Phi) is 5.45. The van der Waals surface area contributed by atoms with Gasteiger partial charge in [0.05, 0.1) is 4.92 Å². The van der Waals surface area contributed by atoms with Gasteiger partial charge in [0, 0.05) is 12.6 Å². The number of halogens is 1. The number of hydrogen-bond donors (Lipinski definition) is 1. The van der Waals surface area contributed by atoms with Gasteiger partial charge in [-0.3, -0.25) is 10.1 Å². The normalized spacial score (nSPS) is 11.6. The number of nitrogens with zero attached hydrogens (tertiary/aromatic N) is 1. The maximum atomic E-state index is 13.2. The molecule has 1 aromatic rings. The van der Waals surface area contributed by atoms with Gasteiger partial charge in [-0.1, -0.05) is 31.6 Å². The van der Waals surface area contributed by atoms with Crippen LogP contribution in [0.5, 0.6) is 0 Å². The molecule has 1 N–H and O–H groups in total. The lowest BCUT2D eigenvalue weighted by Gasteiger charge is -2.05. The number of nitrogens with one attached hydrogen (secondary N) is 1. The Labute approximate surface area is 106 Å². The second-order valence-electron chi connectivity index (χ2n) is 3.90. The molecule has 0 aliphatic rings. The molecule has 98 valence electrons. The number of rotatable bonds is 6. The van der Waals surface area contributed by atoms with E-state index in [4.69, 9.17) is 0 Å². The van der Waals surface area contributed by atoms with Crippen molar-refractivity contribution in [1.29, 1.82) is 0 Å². The second kappa shape index (κ2) is 6.86. The van der Waals surface area contributed by atoms with Crippen molar-refractivity contribution in [2.45, 2.75) is 20.3 Å². The van der Waals surface area contributed by atoms with E-state index >= 15 is 0 Å². The molecule has 1 rings (SSSR count). The third-order valence-corrected chi connectivity index (χ3v) is 2.59. The zero-order valence-corrected chi connectivity index (χ0v) is 10.6. The first-order valence-electron chi connectivity index (χ1n) is 5.92. The van der Waals surface area contributed by atoms with E-state index < -0.39 is 16.4 Å². The number of nitro groups is 1. The topological polar surface area (TPSA) is 55.2 Å². The molecule has 0 spiro atoms. The van der Waals surface area contributed by atoms with Gasteiger partial charge in [-0.25, -0.2) is 0 Å². The van der Waals surface area contributed by atoms with Crippen molar-refractivity contribution in [3.63, 3.8) is 0 Å². The van der Waals surface area contributed by atoms with Crippen LogP contribution in [0.15, 0.2) is 23.8 Å². The molecule has 0 atom stereocenters. The largest absolute Gasteiger partial charge is 0.313 e. The van der Waals surface area contributed by atoms with Crippen LogP contribution in [0.3, 0.4) is 0 Å². The predicted octanol–water partition coefficient (Wildman–Crippen LogP) is 3.14. The minimum atomic E-state index is -0.804. The summed E-state index contributed by atoms with van der Waals surface area (Å²) in [5.74, 6) is -0.804. The van der Waals surface area contributed by atoms with Crippen molar-refractivity contribution in [2.75, 3.05) is 13.1 Å². The summed E-state index contributed by atoms with van der Waals surface area (Å²) in [5, 5.41) is 13.8. The molecule has 5 heteroatoms. The Morgan fingerprint density at radius 1 is 1.50 bits per heavy atom. The van der Waals surface area contributed by atoms with E-state index in [9.17, 15) is 14.5 Å². The Morgan fingerprint density at radius 3 is 2.78 bits per heavy atom. The monoisotopic (exact) mass is 252 g/mol. The Bertz CT molecular complexity index is 458. The minimum Gasteiger partial charge on any atom is -0.313 e. The molecular weight excluding hydrogens is 235 g/mol. The molecule has 0 heterocycles. The molecule has 0 saturated carbocycles. The molecule has 0 aliphatic heterocycles. The molecule has 1 aromatic carbocycles. The molecule has 0 aliphatic carbocycles. The van der Waals surface area contributed by atoms with Gasteiger partial charge in [-0.05, 0) is 24.6 Å². The fourth-order valence-corrected chi connectivity index (χ4v) is 1.56. The zero-order chi connectivity index (χ0) is 13.5. The second-order valence-corrected chi connectivity index (χ2v) is 3.90. The predicted molar refractivity (Wildman–Crippen MR) is 69.9 cm³/mol. The highest BCUT2D eigenvalue weighted by Gasteiger charge is 2.13. The van der Waals surface area contributed by atoms with E-state index in [-0.39, 0.29) is 0 Å². The molecule has 0 saturated heterocycles. The maximum absolute atomic E-state index is 13.2. The van der Waals surface area contributed by atoms with Gasteiger partial charge in [-0.15, -0.1) is 0 Å². The number of nitro benzene ring substituents is 1. The summed E-state index contributed by atoms with van der Waals surface area (Å²) in [4.78, 5) is 9.93. The average Bonchev–Trinajstić information content (AvgIpc) is 2.36. The van der Waals surface area contributed by atoms with Crippen molar-refractivity contribution in [2.24, 2.45) is 0 Å². The van der Waals surface area contributed by atoms with Crippen molar-refractivity contribution in [1.82, 2.24) is 5.32 Å². The van der Waals surface area contributed by atoms with E-state index in [0.29, 0.717) is 5.56 Å². The Morgan fingerprint density at radius 2 is 2.22 bits per heavy atom. The van der Waals surface area contributed by atoms with Crippen LogP contribution in [0.1, 0.15) is 25.8 Å². The molecule has 4 nitrogen and oxygen atoms in total. The number of likely N-dealkylation sites (N-methyl/N-ethyl adjacent to an activating group) is 1. The summed E-state index contributed by atoms with van der Waals surface area (Å²) in [5.41, 5.74) is 1.29. The van der Waals surface area contributed by atoms with E-state index in [1.807, 2.05) is 19.9 Å². The summed E-state index contributed by atoms with van der Waals surface area (Å²) >= 11 is 0. The van der Waals surface area contributed by atoms with E-state index in [1.165, 1.54) is 6.07 Å². The minimum absolute atomic E-state index is 0.484. The summed E-state index contributed by atoms with van der Waals surface area (Å²) in [6.45, 7) is 5.62. The average molecular weight is 252 g/mol. The third kappa shape index (κ3) is 3.92. The van der Waals surface area contributed by atoms with Gasteiger partial charge in [0.15, 0.2) is 0 Å². The Balaban J connectivity index is 2.98. The van der Waals surface area contributed by atoms with Crippen LogP contribution >= 0.6 is 0 Å². The molecular formula is C13H17FN2O2. The summed E-state index contributed by atoms with van der Waals surface area (Å²) < 4.78 is 13.2. The van der Waals surface area contributed by atoms with Crippen molar-refractivity contribution >= 4 is 11.8 Å². The van der Waals surface area contributed by atoms with Crippen LogP contribution in [0.25, 0.3) is 6.08 Å². The van der Waals surface area contributed by atoms with Gasteiger partial charge < -0.3 is 5.32 Å². The lowest BCUT2D eigenvalue weighted by atomic mass is 10.1. The van der Waals surface area contributed by atoms with Crippen LogP contribution < -0.4 is 5.32 Å². The molecule has 0 bridgehead atoms. The highest BCUT2D eigenvalue weighted by atomic mass is 19.1. The Hall–Kier alpha value is -1.75. The first-order valence-corrected chi connectivity index (χ1v) is 5.92. The van der Waals surface area contributed by atoms with Gasteiger partial charge in [-0.2, -0.15) is 4.39 Å². The number of benzene rings is 1.